The molecule has 0 spiro atoms. The zero-order chi connectivity index (χ0) is 13.1. The summed E-state index contributed by atoms with van der Waals surface area (Å²) in [5, 5.41) is 6.02. The molecule has 0 aliphatic rings. The molecule has 0 aromatic heterocycles. The molecule has 19 heavy (non-hydrogen) atoms. The summed E-state index contributed by atoms with van der Waals surface area (Å²) < 4.78 is 1.27. The van der Waals surface area contributed by atoms with E-state index in [2.05, 4.69) is 94.6 Å². The predicted molar refractivity (Wildman–Crippen MR) is 90.4 cm³/mol. The van der Waals surface area contributed by atoms with Crippen molar-refractivity contribution in [3.8, 4) is 0 Å². The van der Waals surface area contributed by atoms with Gasteiger partial charge in [-0.25, -0.2) is 0 Å². The molecule has 3 aromatic carbocycles. The zero-order valence-electron chi connectivity index (χ0n) is 10.4. The smallest absolute Gasteiger partial charge is 0.0400 e. The molecule has 0 saturated carbocycles. The first-order valence-electron chi connectivity index (χ1n) is 6.28. The van der Waals surface area contributed by atoms with E-state index in [9.17, 15) is 0 Å². The monoisotopic (exact) mass is 359 g/mol. The fraction of sp³-hybridized carbons (Fsp3) is 0.0588. The average molecular weight is 359 g/mol. The summed E-state index contributed by atoms with van der Waals surface area (Å²) >= 11 is 2.33. The quantitative estimate of drug-likeness (QED) is 0.645. The van der Waals surface area contributed by atoms with Gasteiger partial charge in [-0.2, -0.15) is 0 Å². The molecule has 0 amide bonds. The predicted octanol–water partition coefficient (Wildman–Crippen LogP) is 5.06. The summed E-state index contributed by atoms with van der Waals surface area (Å²) in [6, 6.07) is 23.5. The lowest BCUT2D eigenvalue weighted by atomic mass is 10.1. The van der Waals surface area contributed by atoms with E-state index in [-0.39, 0.29) is 0 Å². The van der Waals surface area contributed by atoms with Crippen LogP contribution in [0.3, 0.4) is 0 Å². The second kappa shape index (κ2) is 5.61. The summed E-state index contributed by atoms with van der Waals surface area (Å²) in [4.78, 5) is 0. The minimum Gasteiger partial charge on any atom is -0.381 e. The van der Waals surface area contributed by atoms with Gasteiger partial charge in [-0.05, 0) is 63.2 Å². The van der Waals surface area contributed by atoms with E-state index in [0.717, 1.165) is 12.2 Å². The van der Waals surface area contributed by atoms with Crippen LogP contribution in [0.5, 0.6) is 0 Å². The van der Waals surface area contributed by atoms with Gasteiger partial charge in [-0.15, -0.1) is 0 Å². The van der Waals surface area contributed by atoms with Crippen molar-refractivity contribution >= 4 is 39.1 Å². The summed E-state index contributed by atoms with van der Waals surface area (Å²) in [5.41, 5.74) is 2.46. The van der Waals surface area contributed by atoms with Crippen molar-refractivity contribution in [2.75, 3.05) is 5.32 Å². The highest BCUT2D eigenvalue weighted by atomic mass is 127. The van der Waals surface area contributed by atoms with E-state index in [1.807, 2.05) is 0 Å². The Bertz CT molecular complexity index is 689. The van der Waals surface area contributed by atoms with Gasteiger partial charge in [0.05, 0.1) is 0 Å². The molecule has 0 bridgehead atoms. The van der Waals surface area contributed by atoms with Gasteiger partial charge in [0.15, 0.2) is 0 Å². The van der Waals surface area contributed by atoms with Crippen LogP contribution in [0.25, 0.3) is 10.8 Å². The molecule has 2 heteroatoms. The maximum Gasteiger partial charge on any atom is 0.0400 e. The molecule has 0 saturated heterocycles. The van der Waals surface area contributed by atoms with Crippen molar-refractivity contribution in [1.82, 2.24) is 0 Å². The molecule has 1 N–H and O–H groups in total. The van der Waals surface area contributed by atoms with Gasteiger partial charge in [0.1, 0.15) is 0 Å². The highest BCUT2D eigenvalue weighted by Gasteiger charge is 1.97. The number of benzene rings is 3. The van der Waals surface area contributed by atoms with Gasteiger partial charge in [0, 0.05) is 15.8 Å². The molecule has 0 aliphatic carbocycles. The second-order valence-corrected chi connectivity index (χ2v) is 5.79. The Morgan fingerprint density at radius 2 is 1.53 bits per heavy atom. The number of nitrogens with one attached hydrogen (secondary N) is 1. The van der Waals surface area contributed by atoms with Gasteiger partial charge in [0.2, 0.25) is 0 Å². The maximum atomic E-state index is 3.47. The minimum absolute atomic E-state index is 0.856. The van der Waals surface area contributed by atoms with Gasteiger partial charge in [-0.1, -0.05) is 42.5 Å². The molecular formula is C17H14IN. The molecule has 94 valence electrons. The van der Waals surface area contributed by atoms with Crippen LogP contribution in [-0.2, 0) is 6.54 Å². The highest BCUT2D eigenvalue weighted by Crippen LogP contribution is 2.19. The molecule has 0 unspecified atom stereocenters. The highest BCUT2D eigenvalue weighted by molar-refractivity contribution is 14.1. The molecule has 0 atom stereocenters. The Balaban J connectivity index is 1.76. The zero-order valence-corrected chi connectivity index (χ0v) is 12.6. The number of rotatable bonds is 3. The lowest BCUT2D eigenvalue weighted by Gasteiger charge is -2.08. The summed E-state index contributed by atoms with van der Waals surface area (Å²) in [7, 11) is 0. The van der Waals surface area contributed by atoms with Gasteiger partial charge in [0.25, 0.3) is 0 Å². The van der Waals surface area contributed by atoms with Crippen LogP contribution in [0.4, 0.5) is 5.69 Å². The van der Waals surface area contributed by atoms with Crippen LogP contribution in [0.2, 0.25) is 0 Å². The SMILES string of the molecule is Ic1ccc(CNc2ccc3ccccc3c2)cc1. The molecular weight excluding hydrogens is 345 g/mol. The Kier molecular flexibility index (Phi) is 3.69. The molecule has 0 aliphatic heterocycles. The lowest BCUT2D eigenvalue weighted by Crippen LogP contribution is -1.99. The molecule has 1 nitrogen and oxygen atoms in total. The fourth-order valence-corrected chi connectivity index (χ4v) is 2.47. The van der Waals surface area contributed by atoms with E-state index in [1.54, 1.807) is 0 Å². The van der Waals surface area contributed by atoms with Crippen LogP contribution in [0.15, 0.2) is 66.7 Å². The topological polar surface area (TPSA) is 12.0 Å². The fourth-order valence-electron chi connectivity index (χ4n) is 2.11. The third kappa shape index (κ3) is 3.07. The van der Waals surface area contributed by atoms with E-state index >= 15 is 0 Å². The Morgan fingerprint density at radius 1 is 0.789 bits per heavy atom. The van der Waals surface area contributed by atoms with Crippen molar-refractivity contribution in [3.05, 3.63) is 75.9 Å². The largest absolute Gasteiger partial charge is 0.381 e. The first-order chi connectivity index (χ1) is 9.31. The molecule has 0 radical (unpaired) electrons. The van der Waals surface area contributed by atoms with Crippen LogP contribution in [-0.4, -0.2) is 0 Å². The van der Waals surface area contributed by atoms with Crippen LogP contribution in [0.1, 0.15) is 5.56 Å². The third-order valence-electron chi connectivity index (χ3n) is 3.16. The second-order valence-electron chi connectivity index (χ2n) is 4.54. The Labute approximate surface area is 126 Å². The minimum atomic E-state index is 0.856. The Hall–Kier alpha value is -1.55. The van der Waals surface area contributed by atoms with Crippen LogP contribution >= 0.6 is 22.6 Å². The summed E-state index contributed by atoms with van der Waals surface area (Å²) in [5.74, 6) is 0. The van der Waals surface area contributed by atoms with Gasteiger partial charge < -0.3 is 5.32 Å². The third-order valence-corrected chi connectivity index (χ3v) is 3.88. The number of halogens is 1. The van der Waals surface area contributed by atoms with Crippen LogP contribution in [0, 0.1) is 3.57 Å². The molecule has 0 fully saturated rings. The van der Waals surface area contributed by atoms with Crippen molar-refractivity contribution in [2.24, 2.45) is 0 Å². The van der Waals surface area contributed by atoms with Gasteiger partial charge >= 0.3 is 0 Å². The molecule has 3 rings (SSSR count). The van der Waals surface area contributed by atoms with Crippen LogP contribution < -0.4 is 5.32 Å². The average Bonchev–Trinajstić information content (AvgIpc) is 2.46. The van der Waals surface area contributed by atoms with Crippen molar-refractivity contribution in [2.45, 2.75) is 6.54 Å². The van der Waals surface area contributed by atoms with Crippen molar-refractivity contribution in [1.29, 1.82) is 0 Å². The van der Waals surface area contributed by atoms with E-state index in [0.29, 0.717) is 0 Å². The number of hydrogen-bond acceptors (Lipinski definition) is 1. The van der Waals surface area contributed by atoms with Crippen molar-refractivity contribution < 1.29 is 0 Å². The van der Waals surface area contributed by atoms with Gasteiger partial charge in [-0.3, -0.25) is 0 Å². The first kappa shape index (κ1) is 12.5. The van der Waals surface area contributed by atoms with E-state index in [1.165, 1.54) is 19.9 Å². The Morgan fingerprint density at radius 3 is 2.32 bits per heavy atom. The lowest BCUT2D eigenvalue weighted by molar-refractivity contribution is 1.15. The van der Waals surface area contributed by atoms with E-state index < -0.39 is 0 Å². The van der Waals surface area contributed by atoms with E-state index in [4.69, 9.17) is 0 Å². The number of fused-ring (bicyclic) bond motifs is 1. The normalized spacial score (nSPS) is 10.6. The first-order valence-corrected chi connectivity index (χ1v) is 7.36. The van der Waals surface area contributed by atoms with Crippen molar-refractivity contribution in [3.63, 3.8) is 0 Å². The number of hydrogen-bond donors (Lipinski definition) is 1. The number of anilines is 1. The molecule has 3 aromatic rings. The maximum absolute atomic E-state index is 3.47. The molecule has 0 heterocycles. The summed E-state index contributed by atoms with van der Waals surface area (Å²) in [6.45, 7) is 0.856. The standard InChI is InChI=1S/C17H14IN/c18-16-8-5-13(6-9-16)12-19-17-10-7-14-3-1-2-4-15(14)11-17/h1-11,19H,12H2. The summed E-state index contributed by atoms with van der Waals surface area (Å²) in [6.07, 6.45) is 0.